The van der Waals surface area contributed by atoms with Crippen LogP contribution >= 0.6 is 0 Å². The van der Waals surface area contributed by atoms with Crippen molar-refractivity contribution in [2.24, 2.45) is 11.8 Å². The van der Waals surface area contributed by atoms with E-state index in [1.54, 1.807) is 22.8 Å². The fourth-order valence-electron chi connectivity index (χ4n) is 6.87. The molecule has 2 unspecified atom stereocenters. The number of aliphatic hydroxyl groups excluding tert-OH is 1. The van der Waals surface area contributed by atoms with Crippen LogP contribution in [0.4, 0.5) is 5.69 Å². The van der Waals surface area contributed by atoms with Gasteiger partial charge in [0.2, 0.25) is 5.91 Å². The summed E-state index contributed by atoms with van der Waals surface area (Å²) in [5.74, 6) is -2.51. The fraction of sp³-hybridized carbons (Fsp3) is 0.607. The Bertz CT molecular complexity index is 1040. The van der Waals surface area contributed by atoms with Gasteiger partial charge in [0.25, 0.3) is 5.91 Å². The number of rotatable bonds is 10. The minimum Gasteiger partial charge on any atom is -0.466 e. The largest absolute Gasteiger partial charge is 0.466 e. The fourth-order valence-corrected chi connectivity index (χ4v) is 6.87. The third-order valence-corrected chi connectivity index (χ3v) is 8.30. The van der Waals surface area contributed by atoms with Gasteiger partial charge >= 0.3 is 5.97 Å². The van der Waals surface area contributed by atoms with Crippen LogP contribution in [-0.4, -0.2) is 71.3 Å². The molecule has 0 aliphatic carbocycles. The predicted molar refractivity (Wildman–Crippen MR) is 135 cm³/mol. The third kappa shape index (κ3) is 3.77. The van der Waals surface area contributed by atoms with Gasteiger partial charge in [0.15, 0.2) is 0 Å². The van der Waals surface area contributed by atoms with E-state index in [1.807, 2.05) is 39.0 Å². The first-order chi connectivity index (χ1) is 17.2. The molecule has 5 atom stereocenters. The highest BCUT2D eigenvalue weighted by molar-refractivity contribution is 6.05. The van der Waals surface area contributed by atoms with E-state index >= 15 is 0 Å². The van der Waals surface area contributed by atoms with Crippen molar-refractivity contribution >= 4 is 23.5 Å². The summed E-state index contributed by atoms with van der Waals surface area (Å²) in [6, 6.07) is 4.95. The lowest BCUT2D eigenvalue weighted by atomic mass is 9.65. The number of carbonyl (C=O) groups is 3. The van der Waals surface area contributed by atoms with Gasteiger partial charge in [0, 0.05) is 25.4 Å². The summed E-state index contributed by atoms with van der Waals surface area (Å²) in [7, 11) is 0. The Morgan fingerprint density at radius 1 is 1.28 bits per heavy atom. The van der Waals surface area contributed by atoms with E-state index in [-0.39, 0.29) is 38.1 Å². The molecule has 1 aromatic carbocycles. The second-order valence-corrected chi connectivity index (χ2v) is 10.2. The van der Waals surface area contributed by atoms with Crippen LogP contribution in [0.5, 0.6) is 0 Å². The lowest BCUT2D eigenvalue weighted by Gasteiger charge is -2.37. The lowest BCUT2D eigenvalue weighted by Crippen LogP contribution is -2.56. The zero-order chi connectivity index (χ0) is 26.3. The van der Waals surface area contributed by atoms with Gasteiger partial charge in [-0.3, -0.25) is 14.4 Å². The van der Waals surface area contributed by atoms with Gasteiger partial charge in [-0.1, -0.05) is 31.2 Å². The maximum absolute atomic E-state index is 14.5. The van der Waals surface area contributed by atoms with E-state index in [0.717, 1.165) is 16.8 Å². The summed E-state index contributed by atoms with van der Waals surface area (Å²) in [5, 5.41) is 9.55. The molecule has 8 heteroatoms. The minimum absolute atomic E-state index is 0.114. The zero-order valence-electron chi connectivity index (χ0n) is 21.8. The van der Waals surface area contributed by atoms with Crippen molar-refractivity contribution in [2.45, 2.75) is 70.6 Å². The maximum Gasteiger partial charge on any atom is 0.312 e. The van der Waals surface area contributed by atoms with Crippen LogP contribution in [0.25, 0.3) is 0 Å². The molecule has 0 aromatic heterocycles. The Hall–Kier alpha value is -2.71. The monoisotopic (exact) mass is 498 g/mol. The second kappa shape index (κ2) is 9.98. The number of aryl methyl sites for hydroxylation is 2. The van der Waals surface area contributed by atoms with Crippen LogP contribution in [0.15, 0.2) is 30.9 Å². The summed E-state index contributed by atoms with van der Waals surface area (Å²) in [6.07, 6.45) is 3.64. The van der Waals surface area contributed by atoms with E-state index in [9.17, 15) is 19.5 Å². The molecular formula is C28H38N2O6. The molecule has 2 amide bonds. The smallest absolute Gasteiger partial charge is 0.312 e. The molecule has 0 radical (unpaired) electrons. The average Bonchev–Trinajstić information content (AvgIpc) is 3.45. The Balaban J connectivity index is 1.84. The number of anilines is 1. The Kier molecular flexibility index (Phi) is 7.30. The second-order valence-electron chi connectivity index (χ2n) is 10.2. The number of carbonyl (C=O) groups excluding carboxylic acids is 3. The molecule has 8 nitrogen and oxygen atoms in total. The number of benzene rings is 1. The lowest BCUT2D eigenvalue weighted by molar-refractivity contribution is -0.160. The van der Waals surface area contributed by atoms with Crippen molar-refractivity contribution < 1.29 is 29.0 Å². The molecule has 3 aliphatic heterocycles. The molecule has 1 spiro atoms. The van der Waals surface area contributed by atoms with Gasteiger partial charge < -0.3 is 24.4 Å². The van der Waals surface area contributed by atoms with Crippen molar-refractivity contribution in [1.82, 2.24) is 4.90 Å². The van der Waals surface area contributed by atoms with E-state index in [1.165, 1.54) is 0 Å². The number of hydrogen-bond acceptors (Lipinski definition) is 6. The topological polar surface area (TPSA) is 96.4 Å². The van der Waals surface area contributed by atoms with E-state index < -0.39 is 35.0 Å². The van der Waals surface area contributed by atoms with E-state index in [2.05, 4.69) is 6.58 Å². The number of esters is 1. The molecule has 0 saturated carbocycles. The van der Waals surface area contributed by atoms with Crippen LogP contribution in [0.3, 0.4) is 0 Å². The highest BCUT2D eigenvalue weighted by Gasteiger charge is 2.79. The van der Waals surface area contributed by atoms with Gasteiger partial charge in [-0.2, -0.15) is 0 Å². The number of aliphatic hydroxyl groups is 1. The van der Waals surface area contributed by atoms with Crippen molar-refractivity contribution in [3.05, 3.63) is 42.0 Å². The van der Waals surface area contributed by atoms with Gasteiger partial charge in [0.1, 0.15) is 17.6 Å². The normalized spacial score (nSPS) is 30.4. The number of hydrogen-bond donors (Lipinski definition) is 1. The molecule has 3 heterocycles. The summed E-state index contributed by atoms with van der Waals surface area (Å²) < 4.78 is 12.2. The van der Waals surface area contributed by atoms with Crippen LogP contribution in [0.2, 0.25) is 0 Å². The highest BCUT2D eigenvalue weighted by atomic mass is 16.6. The molecular weight excluding hydrogens is 460 g/mol. The van der Waals surface area contributed by atoms with Crippen molar-refractivity contribution in [3.8, 4) is 0 Å². The van der Waals surface area contributed by atoms with Crippen molar-refractivity contribution in [2.75, 3.05) is 31.2 Å². The molecule has 3 fully saturated rings. The average molecular weight is 499 g/mol. The Morgan fingerprint density at radius 3 is 2.56 bits per heavy atom. The summed E-state index contributed by atoms with van der Waals surface area (Å²) in [5.41, 5.74) is 0.730. The molecule has 3 saturated heterocycles. The highest BCUT2D eigenvalue weighted by Crippen LogP contribution is 2.64. The molecule has 2 bridgehead atoms. The van der Waals surface area contributed by atoms with Crippen LogP contribution < -0.4 is 4.90 Å². The zero-order valence-corrected chi connectivity index (χ0v) is 21.8. The first-order valence-corrected chi connectivity index (χ1v) is 13.0. The van der Waals surface area contributed by atoms with Crippen LogP contribution in [0, 0.1) is 25.7 Å². The molecule has 1 aromatic rings. The van der Waals surface area contributed by atoms with Gasteiger partial charge in [-0.15, -0.1) is 6.58 Å². The standard InChI is InChI=1S/C28H38N2O6/c1-6-15-29(22-18(4)11-9-12-19(22)5)25(33)23-28-14-13-27(7-2,36-28)21(26(34)35-8-3)20(28)24(32)30(23)16-10-17-31/h6,9,11-12,20-21,23,31H,1,7-8,10,13-17H2,2-5H3/t20-,21-,23?,27+,28?/m0/s1. The third-order valence-electron chi connectivity index (χ3n) is 8.30. The predicted octanol–water partition coefficient (Wildman–Crippen LogP) is 2.92. The van der Waals surface area contributed by atoms with Crippen LogP contribution in [0.1, 0.15) is 50.7 Å². The van der Waals surface area contributed by atoms with E-state index in [4.69, 9.17) is 9.47 Å². The minimum atomic E-state index is -1.12. The molecule has 4 rings (SSSR count). The van der Waals surface area contributed by atoms with Gasteiger partial charge in [-0.25, -0.2) is 0 Å². The number of amides is 2. The molecule has 1 N–H and O–H groups in total. The van der Waals surface area contributed by atoms with Gasteiger partial charge in [-0.05, 0) is 57.6 Å². The van der Waals surface area contributed by atoms with Crippen molar-refractivity contribution in [3.63, 3.8) is 0 Å². The first-order valence-electron chi connectivity index (χ1n) is 13.0. The van der Waals surface area contributed by atoms with Crippen molar-refractivity contribution in [1.29, 1.82) is 0 Å². The first kappa shape index (κ1) is 26.4. The van der Waals surface area contributed by atoms with Crippen LogP contribution in [-0.2, 0) is 23.9 Å². The summed E-state index contributed by atoms with van der Waals surface area (Å²) in [6.45, 7) is 12.0. The molecule has 36 heavy (non-hydrogen) atoms. The quantitative estimate of drug-likeness (QED) is 0.394. The van der Waals surface area contributed by atoms with Gasteiger partial charge in [0.05, 0.1) is 18.1 Å². The molecule has 196 valence electrons. The Morgan fingerprint density at radius 2 is 1.97 bits per heavy atom. The number of fused-ring (bicyclic) bond motifs is 1. The summed E-state index contributed by atoms with van der Waals surface area (Å²) >= 11 is 0. The number of ether oxygens (including phenoxy) is 2. The Labute approximate surface area is 213 Å². The van der Waals surface area contributed by atoms with E-state index in [0.29, 0.717) is 25.7 Å². The SMILES string of the molecule is C=CCN(C(=O)C1N(CCCO)C(=O)[C@@H]2[C@@H](C(=O)OCC)[C@@]3(CC)CCC12O3)c1c(C)cccc1C. The number of para-hydroxylation sites is 1. The maximum atomic E-state index is 14.5. The number of nitrogens with zero attached hydrogens (tertiary/aromatic N) is 2. The summed E-state index contributed by atoms with van der Waals surface area (Å²) in [4.78, 5) is 44.9. The number of likely N-dealkylation sites (tertiary alicyclic amines) is 1. The molecule has 3 aliphatic rings.